The lowest BCUT2D eigenvalue weighted by molar-refractivity contribution is 0.670. The zero-order valence-electron chi connectivity index (χ0n) is 38.7. The van der Waals surface area contributed by atoms with Gasteiger partial charge in [0.1, 0.15) is 11.2 Å². The first-order valence-corrected chi connectivity index (χ1v) is 24.3. The molecule has 0 unspecified atom stereocenters. The van der Waals surface area contributed by atoms with Gasteiger partial charge < -0.3 is 13.9 Å². The molecule has 0 N–H and O–H groups in total. The molecule has 0 radical (unpaired) electrons. The molecular formula is C68H44N2O. The monoisotopic (exact) mass is 904 g/mol. The van der Waals surface area contributed by atoms with Crippen molar-refractivity contribution in [3.05, 3.63) is 267 Å². The van der Waals surface area contributed by atoms with Crippen LogP contribution >= 0.6 is 0 Å². The van der Waals surface area contributed by atoms with Crippen LogP contribution in [0.15, 0.2) is 271 Å². The Kier molecular flexibility index (Phi) is 9.53. The van der Waals surface area contributed by atoms with Crippen molar-refractivity contribution in [2.75, 3.05) is 4.90 Å². The van der Waals surface area contributed by atoms with Crippen molar-refractivity contribution in [1.29, 1.82) is 0 Å². The molecule has 3 heteroatoms. The molecule has 3 nitrogen and oxygen atoms in total. The van der Waals surface area contributed by atoms with Crippen LogP contribution in [0.3, 0.4) is 0 Å². The van der Waals surface area contributed by atoms with Gasteiger partial charge >= 0.3 is 0 Å². The molecule has 71 heavy (non-hydrogen) atoms. The fraction of sp³-hybridized carbons (Fsp3) is 0. The predicted octanol–water partition coefficient (Wildman–Crippen LogP) is 19.1. The van der Waals surface area contributed by atoms with E-state index in [1.165, 1.54) is 54.5 Å². The Bertz CT molecular complexity index is 4280. The molecule has 0 aliphatic heterocycles. The molecule has 0 saturated heterocycles. The summed E-state index contributed by atoms with van der Waals surface area (Å²) in [6.45, 7) is 0. The molecule has 14 rings (SSSR count). The zero-order valence-corrected chi connectivity index (χ0v) is 38.7. The van der Waals surface area contributed by atoms with E-state index in [2.05, 4.69) is 264 Å². The molecule has 0 fully saturated rings. The van der Waals surface area contributed by atoms with Crippen molar-refractivity contribution in [3.63, 3.8) is 0 Å². The summed E-state index contributed by atoms with van der Waals surface area (Å²) in [6.07, 6.45) is 0. The predicted molar refractivity (Wildman–Crippen MR) is 299 cm³/mol. The van der Waals surface area contributed by atoms with E-state index in [4.69, 9.17) is 4.42 Å². The minimum atomic E-state index is 0.899. The first-order chi connectivity index (χ1) is 35.2. The number of aromatic nitrogens is 1. The van der Waals surface area contributed by atoms with Crippen LogP contribution in [0.5, 0.6) is 0 Å². The fourth-order valence-corrected chi connectivity index (χ4v) is 11.0. The summed E-state index contributed by atoms with van der Waals surface area (Å²) >= 11 is 0. The topological polar surface area (TPSA) is 21.3 Å². The van der Waals surface area contributed by atoms with E-state index in [9.17, 15) is 0 Å². The molecule has 0 bridgehead atoms. The van der Waals surface area contributed by atoms with Gasteiger partial charge in [0.2, 0.25) is 0 Å². The van der Waals surface area contributed by atoms with E-state index in [0.29, 0.717) is 0 Å². The van der Waals surface area contributed by atoms with Gasteiger partial charge in [-0.3, -0.25) is 0 Å². The van der Waals surface area contributed by atoms with Crippen LogP contribution in [0.25, 0.3) is 115 Å². The van der Waals surface area contributed by atoms with E-state index in [0.717, 1.165) is 78.1 Å². The highest BCUT2D eigenvalue weighted by Gasteiger charge is 2.20. The van der Waals surface area contributed by atoms with Crippen molar-refractivity contribution in [1.82, 2.24) is 4.57 Å². The lowest BCUT2D eigenvalue weighted by Gasteiger charge is -2.27. The molecule has 0 amide bonds. The van der Waals surface area contributed by atoms with Gasteiger partial charge in [0.05, 0.1) is 16.7 Å². The van der Waals surface area contributed by atoms with E-state index in [1.54, 1.807) is 0 Å². The summed E-state index contributed by atoms with van der Waals surface area (Å²) in [5, 5.41) is 9.67. The van der Waals surface area contributed by atoms with Gasteiger partial charge in [-0.1, -0.05) is 206 Å². The maximum Gasteiger partial charge on any atom is 0.143 e. The quantitative estimate of drug-likeness (QED) is 0.142. The van der Waals surface area contributed by atoms with Gasteiger partial charge in [0.15, 0.2) is 0 Å². The minimum absolute atomic E-state index is 0.899. The highest BCUT2D eigenvalue weighted by molar-refractivity contribution is 6.12. The Morgan fingerprint density at radius 3 is 1.56 bits per heavy atom. The average Bonchev–Trinajstić information content (AvgIpc) is 4.00. The van der Waals surface area contributed by atoms with Gasteiger partial charge in [-0.15, -0.1) is 0 Å². The summed E-state index contributed by atoms with van der Waals surface area (Å²) in [5.41, 5.74) is 17.7. The molecule has 2 heterocycles. The number of benzene rings is 12. The van der Waals surface area contributed by atoms with Crippen LogP contribution in [0.2, 0.25) is 0 Å². The lowest BCUT2D eigenvalue weighted by Crippen LogP contribution is -2.10. The zero-order chi connectivity index (χ0) is 46.8. The lowest BCUT2D eigenvalue weighted by atomic mass is 9.93. The van der Waals surface area contributed by atoms with Crippen LogP contribution in [-0.2, 0) is 0 Å². The Morgan fingerprint density at radius 1 is 0.282 bits per heavy atom. The summed E-state index contributed by atoms with van der Waals surface area (Å²) in [5.74, 6) is 0. The van der Waals surface area contributed by atoms with Gasteiger partial charge in [-0.2, -0.15) is 0 Å². The molecule has 14 aromatic rings. The normalized spacial score (nSPS) is 11.7. The average molecular weight is 905 g/mol. The SMILES string of the molecule is c1ccc(-c2ccc(-c3ccc(N(c4ccc(-c5ccccc5-c5cccc6c5oc5ccccc56)cc4)c4ccc5c(ccc6ccccc65)c4)cc3)c(-n3c4ccccc4c4ccccc43)c2)cc1. The summed E-state index contributed by atoms with van der Waals surface area (Å²) in [7, 11) is 0. The van der Waals surface area contributed by atoms with Gasteiger partial charge in [0.25, 0.3) is 0 Å². The van der Waals surface area contributed by atoms with Gasteiger partial charge in [-0.05, 0) is 116 Å². The standard InChI is InChI=1S/C68H44N2O/c1-2-15-45(16-3-1)49-35-41-57(66(44-49)70-64-26-11-8-21-59(64)60-22-9-12-27-65(60)70)48-33-38-52(39-34-48)69(53-40-42-56-50(43-53)30-29-46-17-4-5-18-54(46)56)51-36-31-47(32-37-51)55-19-6-7-20-58(55)62-24-14-25-63-61-23-10-13-28-67(61)71-68(62)63/h1-44H. The number of anilines is 3. The molecular weight excluding hydrogens is 861 g/mol. The Morgan fingerprint density at radius 2 is 0.817 bits per heavy atom. The second-order valence-corrected chi connectivity index (χ2v) is 18.4. The highest BCUT2D eigenvalue weighted by atomic mass is 16.3. The number of hydrogen-bond donors (Lipinski definition) is 0. The third kappa shape index (κ3) is 6.82. The minimum Gasteiger partial charge on any atom is -0.455 e. The fourth-order valence-electron chi connectivity index (χ4n) is 11.0. The molecule has 0 atom stereocenters. The van der Waals surface area contributed by atoms with Crippen LogP contribution < -0.4 is 4.90 Å². The highest BCUT2D eigenvalue weighted by Crippen LogP contribution is 2.44. The van der Waals surface area contributed by atoms with Gasteiger partial charge in [0, 0.05) is 49.7 Å². The van der Waals surface area contributed by atoms with E-state index in [-0.39, 0.29) is 0 Å². The number of furan rings is 1. The van der Waals surface area contributed by atoms with Crippen molar-refractivity contribution in [2.24, 2.45) is 0 Å². The number of hydrogen-bond acceptors (Lipinski definition) is 2. The number of para-hydroxylation sites is 4. The Hall–Kier alpha value is -9.44. The molecule has 332 valence electrons. The van der Waals surface area contributed by atoms with Crippen LogP contribution in [0.4, 0.5) is 17.1 Å². The third-order valence-corrected chi connectivity index (χ3v) is 14.4. The van der Waals surface area contributed by atoms with E-state index < -0.39 is 0 Å². The first kappa shape index (κ1) is 40.6. The number of rotatable bonds is 8. The van der Waals surface area contributed by atoms with E-state index in [1.807, 2.05) is 12.1 Å². The third-order valence-electron chi connectivity index (χ3n) is 14.4. The molecule has 0 aliphatic carbocycles. The van der Waals surface area contributed by atoms with Crippen molar-refractivity contribution < 1.29 is 4.42 Å². The van der Waals surface area contributed by atoms with E-state index >= 15 is 0 Å². The number of nitrogens with zero attached hydrogens (tertiary/aromatic N) is 2. The molecule has 2 aromatic heterocycles. The second-order valence-electron chi connectivity index (χ2n) is 18.4. The largest absolute Gasteiger partial charge is 0.455 e. The molecule has 12 aromatic carbocycles. The summed E-state index contributed by atoms with van der Waals surface area (Å²) < 4.78 is 8.99. The molecule has 0 saturated carbocycles. The maximum absolute atomic E-state index is 6.54. The van der Waals surface area contributed by atoms with Gasteiger partial charge in [-0.25, -0.2) is 0 Å². The maximum atomic E-state index is 6.54. The van der Waals surface area contributed by atoms with Crippen molar-refractivity contribution in [2.45, 2.75) is 0 Å². The summed E-state index contributed by atoms with van der Waals surface area (Å²) in [6, 6.07) is 96.7. The first-order valence-electron chi connectivity index (χ1n) is 24.3. The second kappa shape index (κ2) is 16.7. The van der Waals surface area contributed by atoms with Crippen LogP contribution in [-0.4, -0.2) is 4.57 Å². The Labute approximate surface area is 411 Å². The van der Waals surface area contributed by atoms with Crippen LogP contribution in [0.1, 0.15) is 0 Å². The smallest absolute Gasteiger partial charge is 0.143 e. The number of fused-ring (bicyclic) bond motifs is 9. The van der Waals surface area contributed by atoms with Crippen LogP contribution in [0, 0.1) is 0 Å². The van der Waals surface area contributed by atoms with Crippen molar-refractivity contribution >= 4 is 82.4 Å². The summed E-state index contributed by atoms with van der Waals surface area (Å²) in [4.78, 5) is 2.38. The molecule has 0 aliphatic rings. The Balaban J connectivity index is 0.902. The molecule has 0 spiro atoms. The van der Waals surface area contributed by atoms with Crippen molar-refractivity contribution in [3.8, 4) is 50.2 Å².